The molecule has 1 N–H and O–H groups in total. The molecule has 0 atom stereocenters. The van der Waals surface area contributed by atoms with Crippen molar-refractivity contribution in [2.45, 2.75) is 18.2 Å². The lowest BCUT2D eigenvalue weighted by atomic mass is 10.2. The van der Waals surface area contributed by atoms with Crippen LogP contribution >= 0.6 is 0 Å². The van der Waals surface area contributed by atoms with Crippen LogP contribution in [-0.4, -0.2) is 26.7 Å². The summed E-state index contributed by atoms with van der Waals surface area (Å²) in [6.45, 7) is 1.71. The third kappa shape index (κ3) is 3.92. The molecule has 98 valence electrons. The topological polar surface area (TPSA) is 112 Å². The molecule has 8 heteroatoms. The smallest absolute Gasteiger partial charge is 0.297 e. The zero-order chi connectivity index (χ0) is 13.6. The summed E-state index contributed by atoms with van der Waals surface area (Å²) in [7, 11) is -3.90. The lowest BCUT2D eigenvalue weighted by Gasteiger charge is -2.08. The Kier molecular flexibility index (Phi) is 4.96. The second-order valence-corrected chi connectivity index (χ2v) is 5.12. The lowest BCUT2D eigenvalue weighted by molar-refractivity contribution is 0.314. The van der Waals surface area contributed by atoms with E-state index in [1.807, 2.05) is 0 Å². The molecule has 0 fully saturated rings. The average molecular weight is 271 g/mol. The van der Waals surface area contributed by atoms with Crippen molar-refractivity contribution in [1.29, 1.82) is 0 Å². The molecule has 0 saturated heterocycles. The predicted octanol–water partition coefficient (Wildman–Crippen LogP) is 2.11. The van der Waals surface area contributed by atoms with Crippen LogP contribution in [0, 0.1) is 6.92 Å². The fraction of sp³-hybridized carbons (Fsp3) is 0.400. The molecule has 0 aliphatic carbocycles. The zero-order valence-corrected chi connectivity index (χ0v) is 10.6. The van der Waals surface area contributed by atoms with Gasteiger partial charge in [0.25, 0.3) is 10.1 Å². The Balaban J connectivity index is 2.74. The van der Waals surface area contributed by atoms with Crippen molar-refractivity contribution in [2.75, 3.05) is 13.2 Å². The molecule has 1 rings (SSSR count). The summed E-state index contributed by atoms with van der Waals surface area (Å²) in [5.41, 5.74) is 8.53. The molecule has 7 nitrogen and oxygen atoms in total. The van der Waals surface area contributed by atoms with E-state index in [1.54, 1.807) is 6.92 Å². The Hall–Kier alpha value is -1.76. The zero-order valence-electron chi connectivity index (χ0n) is 9.78. The third-order valence-electron chi connectivity index (χ3n) is 2.15. The van der Waals surface area contributed by atoms with Crippen molar-refractivity contribution in [3.63, 3.8) is 0 Å². The second kappa shape index (κ2) is 6.25. The number of hydrogen-bond acceptors (Lipinski definition) is 5. The number of rotatable bonds is 6. The van der Waals surface area contributed by atoms with Crippen LogP contribution in [0.3, 0.4) is 0 Å². The van der Waals surface area contributed by atoms with Crippen LogP contribution in [0.2, 0.25) is 0 Å². The molecule has 0 heterocycles. The molecule has 0 aliphatic heterocycles. The van der Waals surface area contributed by atoms with Crippen molar-refractivity contribution >= 4 is 10.1 Å². The highest BCUT2D eigenvalue weighted by Gasteiger charge is 2.18. The second-order valence-electron chi connectivity index (χ2n) is 3.53. The van der Waals surface area contributed by atoms with E-state index in [0.29, 0.717) is 12.0 Å². The van der Waals surface area contributed by atoms with Crippen LogP contribution in [-0.2, 0) is 14.3 Å². The van der Waals surface area contributed by atoms with Crippen molar-refractivity contribution < 1.29 is 17.7 Å². The van der Waals surface area contributed by atoms with Gasteiger partial charge in [0.2, 0.25) is 0 Å². The first-order chi connectivity index (χ1) is 8.47. The molecule has 0 spiro atoms. The van der Waals surface area contributed by atoms with Gasteiger partial charge in [-0.3, -0.25) is 4.18 Å². The van der Waals surface area contributed by atoms with Gasteiger partial charge in [-0.15, -0.1) is 0 Å². The molecule has 0 saturated carbocycles. The Morgan fingerprint density at radius 2 is 2.22 bits per heavy atom. The van der Waals surface area contributed by atoms with Crippen LogP contribution in [0.25, 0.3) is 10.4 Å². The summed E-state index contributed by atoms with van der Waals surface area (Å²) in [6.07, 6.45) is 0.307. The standard InChI is InChI=1S/C10H13N3O4S/c1-8-3-4-9(14)7-10(8)18(15,16)17-6-2-5-12-13-11/h3-4,7,14H,2,5-6H2,1H3. The van der Waals surface area contributed by atoms with Gasteiger partial charge < -0.3 is 5.11 Å². The molecule has 18 heavy (non-hydrogen) atoms. The van der Waals surface area contributed by atoms with Gasteiger partial charge in [-0.05, 0) is 30.5 Å². The lowest BCUT2D eigenvalue weighted by Crippen LogP contribution is -2.09. The fourth-order valence-electron chi connectivity index (χ4n) is 1.27. The van der Waals surface area contributed by atoms with Crippen molar-refractivity contribution in [3.8, 4) is 5.75 Å². The van der Waals surface area contributed by atoms with E-state index in [4.69, 9.17) is 9.71 Å². The van der Waals surface area contributed by atoms with Gasteiger partial charge in [0.15, 0.2) is 0 Å². The van der Waals surface area contributed by atoms with Gasteiger partial charge in [0, 0.05) is 17.5 Å². The average Bonchev–Trinajstić information content (AvgIpc) is 2.32. The Morgan fingerprint density at radius 1 is 1.50 bits per heavy atom. The molecule has 0 aliphatic rings. The summed E-state index contributed by atoms with van der Waals surface area (Å²) in [5.74, 6) is -0.142. The monoisotopic (exact) mass is 271 g/mol. The van der Waals surface area contributed by atoms with E-state index < -0.39 is 10.1 Å². The molecule has 0 radical (unpaired) electrons. The van der Waals surface area contributed by atoms with Crippen LogP contribution in [0.15, 0.2) is 28.2 Å². The number of hydrogen-bond donors (Lipinski definition) is 1. The van der Waals surface area contributed by atoms with E-state index >= 15 is 0 Å². The third-order valence-corrected chi connectivity index (χ3v) is 3.60. The van der Waals surface area contributed by atoms with E-state index in [2.05, 4.69) is 10.0 Å². The first-order valence-electron chi connectivity index (χ1n) is 5.17. The number of phenolic OH excluding ortho intramolecular Hbond substituents is 1. The van der Waals surface area contributed by atoms with Crippen molar-refractivity contribution in [2.24, 2.45) is 5.11 Å². The minimum atomic E-state index is -3.90. The quantitative estimate of drug-likeness (QED) is 0.280. The Morgan fingerprint density at radius 3 is 2.89 bits per heavy atom. The summed E-state index contributed by atoms with van der Waals surface area (Å²) in [4.78, 5) is 2.48. The van der Waals surface area contributed by atoms with Crippen LogP contribution in [0.5, 0.6) is 5.75 Å². The van der Waals surface area contributed by atoms with Gasteiger partial charge in [0.1, 0.15) is 10.6 Å². The normalized spacial score (nSPS) is 10.9. The largest absolute Gasteiger partial charge is 0.508 e. The maximum absolute atomic E-state index is 11.8. The first kappa shape index (κ1) is 14.3. The van der Waals surface area contributed by atoms with Gasteiger partial charge in [-0.1, -0.05) is 11.2 Å². The SMILES string of the molecule is Cc1ccc(O)cc1S(=O)(=O)OCCCN=[N+]=[N-]. The summed E-state index contributed by atoms with van der Waals surface area (Å²) >= 11 is 0. The van der Waals surface area contributed by atoms with E-state index in [9.17, 15) is 13.5 Å². The fourth-order valence-corrected chi connectivity index (χ4v) is 2.46. The molecule has 0 aromatic heterocycles. The highest BCUT2D eigenvalue weighted by atomic mass is 32.2. The van der Waals surface area contributed by atoms with Crippen molar-refractivity contribution in [1.82, 2.24) is 0 Å². The maximum Gasteiger partial charge on any atom is 0.297 e. The Bertz CT molecular complexity index is 564. The van der Waals surface area contributed by atoms with Gasteiger partial charge in [0.05, 0.1) is 6.61 Å². The number of aryl methyl sites for hydroxylation is 1. The molecular weight excluding hydrogens is 258 g/mol. The minimum absolute atomic E-state index is 0.0636. The highest BCUT2D eigenvalue weighted by Crippen LogP contribution is 2.22. The summed E-state index contributed by atoms with van der Waals surface area (Å²) < 4.78 is 28.4. The van der Waals surface area contributed by atoms with Crippen LogP contribution in [0.1, 0.15) is 12.0 Å². The summed E-state index contributed by atoms with van der Waals surface area (Å²) in [6, 6.07) is 4.03. The first-order valence-corrected chi connectivity index (χ1v) is 6.58. The number of azide groups is 1. The van der Waals surface area contributed by atoms with E-state index in [0.717, 1.165) is 6.07 Å². The van der Waals surface area contributed by atoms with Gasteiger partial charge in [-0.2, -0.15) is 8.42 Å². The number of nitrogens with zero attached hydrogens (tertiary/aromatic N) is 3. The van der Waals surface area contributed by atoms with E-state index in [1.165, 1.54) is 12.1 Å². The molecule has 0 unspecified atom stereocenters. The molecule has 1 aromatic carbocycles. The van der Waals surface area contributed by atoms with E-state index in [-0.39, 0.29) is 23.8 Å². The molecule has 0 amide bonds. The minimum Gasteiger partial charge on any atom is -0.508 e. The Labute approximate surface area is 105 Å². The molecule has 0 bridgehead atoms. The van der Waals surface area contributed by atoms with Crippen LogP contribution < -0.4 is 0 Å². The van der Waals surface area contributed by atoms with Crippen LogP contribution in [0.4, 0.5) is 0 Å². The highest BCUT2D eigenvalue weighted by molar-refractivity contribution is 7.86. The van der Waals surface area contributed by atoms with Gasteiger partial charge in [-0.25, -0.2) is 0 Å². The predicted molar refractivity (Wildman–Crippen MR) is 64.6 cm³/mol. The maximum atomic E-state index is 11.8. The molecule has 1 aromatic rings. The molecular formula is C10H13N3O4S. The van der Waals surface area contributed by atoms with Crippen molar-refractivity contribution in [3.05, 3.63) is 34.2 Å². The number of aromatic hydroxyl groups is 1. The van der Waals surface area contributed by atoms with Gasteiger partial charge >= 0.3 is 0 Å². The number of benzene rings is 1. The summed E-state index contributed by atoms with van der Waals surface area (Å²) in [5, 5.41) is 12.5. The number of phenols is 1.